The highest BCUT2D eigenvalue weighted by molar-refractivity contribution is 6.18. The number of esters is 1. The van der Waals surface area contributed by atoms with Gasteiger partial charge in [-0.05, 0) is 61.7 Å². The van der Waals surface area contributed by atoms with Crippen molar-refractivity contribution in [1.29, 1.82) is 0 Å². The molecule has 2 unspecified atom stereocenters. The Balaban J connectivity index is 1.49. The van der Waals surface area contributed by atoms with Crippen molar-refractivity contribution in [2.75, 3.05) is 18.5 Å². The summed E-state index contributed by atoms with van der Waals surface area (Å²) < 4.78 is 5.24. The molecule has 0 spiro atoms. The summed E-state index contributed by atoms with van der Waals surface area (Å²) in [5, 5.41) is 24.6. The Morgan fingerprint density at radius 3 is 2.30 bits per heavy atom. The number of hydrogen-bond donors (Lipinski definition) is 2. The minimum atomic E-state index is -1.43. The molecular weight excluding hydrogens is 636 g/mol. The van der Waals surface area contributed by atoms with Crippen LogP contribution in [0, 0.1) is 10.1 Å². The number of carboxylic acid groups (broad SMARTS) is 1. The minimum Gasteiger partial charge on any atom is -0.480 e. The van der Waals surface area contributed by atoms with Gasteiger partial charge in [0.25, 0.3) is 5.69 Å². The van der Waals surface area contributed by atoms with Crippen LogP contribution in [0.1, 0.15) is 48.4 Å². The van der Waals surface area contributed by atoms with Gasteiger partial charge in [0.05, 0.1) is 29.0 Å². The monoisotopic (exact) mass is 674 g/mol. The number of aliphatic imine (C=N–C) groups is 1. The Labute approximate surface area is 290 Å². The molecule has 50 heavy (non-hydrogen) atoms. The molecule has 11 heteroatoms. The number of anilines is 1. The summed E-state index contributed by atoms with van der Waals surface area (Å²) in [5.41, 5.74) is 3.41. The topological polar surface area (TPSA) is 151 Å². The van der Waals surface area contributed by atoms with Crippen LogP contribution in [-0.4, -0.2) is 63.7 Å². The summed E-state index contributed by atoms with van der Waals surface area (Å²) in [4.78, 5) is 57.1. The van der Waals surface area contributed by atoms with Crippen molar-refractivity contribution in [3.8, 4) is 0 Å². The second-order valence-corrected chi connectivity index (χ2v) is 11.8. The van der Waals surface area contributed by atoms with E-state index in [2.05, 4.69) is 10.2 Å². The number of non-ortho nitro benzene ring substituents is 1. The molecule has 0 aromatic heterocycles. The van der Waals surface area contributed by atoms with Crippen molar-refractivity contribution >= 4 is 41.0 Å². The quantitative estimate of drug-likeness (QED) is 0.0504. The minimum absolute atomic E-state index is 0.0330. The van der Waals surface area contributed by atoms with E-state index in [4.69, 9.17) is 9.73 Å². The molecule has 1 fully saturated rings. The smallest absolute Gasteiger partial charge is 0.334 e. The van der Waals surface area contributed by atoms with Crippen LogP contribution in [0.3, 0.4) is 0 Å². The number of para-hydroxylation sites is 1. The highest BCUT2D eigenvalue weighted by Gasteiger charge is 2.31. The maximum absolute atomic E-state index is 13.8. The van der Waals surface area contributed by atoms with Gasteiger partial charge in [-0.1, -0.05) is 78.9 Å². The van der Waals surface area contributed by atoms with Gasteiger partial charge in [0, 0.05) is 41.8 Å². The molecule has 2 N–H and O–H groups in total. The third-order valence-corrected chi connectivity index (χ3v) is 8.35. The fraction of sp³-hybridized carbons (Fsp3) is 0.231. The highest BCUT2D eigenvalue weighted by Crippen LogP contribution is 2.26. The second kappa shape index (κ2) is 16.9. The molecule has 1 amide bonds. The molecule has 5 rings (SSSR count). The van der Waals surface area contributed by atoms with Gasteiger partial charge in [-0.2, -0.15) is 0 Å². The molecule has 256 valence electrons. The molecule has 1 heterocycles. The second-order valence-electron chi connectivity index (χ2n) is 11.8. The van der Waals surface area contributed by atoms with E-state index in [1.165, 1.54) is 30.3 Å². The molecule has 4 aromatic rings. The molecular formula is C39H38N4O7. The Morgan fingerprint density at radius 2 is 1.64 bits per heavy atom. The standard InChI is InChI=1S/C39H38N4O7/c1-2-50-39(47)30(24-27-19-21-31(22-20-27)43(48)49)25-34(38(45)46)40-36(29-14-7-4-8-15-29)32-16-9-10-17-33(32)41-37(44)35-18-11-23-42(35)26-28-12-5-3-6-13-28/h3-10,12-17,19-22,24,34-35H,2,11,18,23,25-26H2,1H3,(H,41,44)(H,45,46)/b30-24+,40-36?. The molecule has 2 atom stereocenters. The summed E-state index contributed by atoms with van der Waals surface area (Å²) in [6, 6.07) is 29.9. The van der Waals surface area contributed by atoms with E-state index in [0.29, 0.717) is 41.1 Å². The van der Waals surface area contributed by atoms with Gasteiger partial charge in [0.2, 0.25) is 5.91 Å². The van der Waals surface area contributed by atoms with Crippen molar-refractivity contribution in [2.45, 2.75) is 44.8 Å². The molecule has 0 saturated carbocycles. The maximum atomic E-state index is 13.8. The lowest BCUT2D eigenvalue weighted by Crippen LogP contribution is -2.39. The first-order valence-electron chi connectivity index (χ1n) is 16.4. The van der Waals surface area contributed by atoms with E-state index in [1.807, 2.05) is 36.4 Å². The summed E-state index contributed by atoms with van der Waals surface area (Å²) in [6.07, 6.45) is 2.72. The number of nitro groups is 1. The van der Waals surface area contributed by atoms with Crippen molar-refractivity contribution in [2.24, 2.45) is 4.99 Å². The van der Waals surface area contributed by atoms with Gasteiger partial charge in [-0.3, -0.25) is 24.8 Å². The van der Waals surface area contributed by atoms with Crippen LogP contribution in [0.15, 0.2) is 120 Å². The lowest BCUT2D eigenvalue weighted by atomic mass is 9.98. The number of nitro benzene ring substituents is 1. The number of nitrogens with zero attached hydrogens (tertiary/aromatic N) is 3. The molecule has 0 radical (unpaired) electrons. The molecule has 0 aliphatic carbocycles. The van der Waals surface area contributed by atoms with Crippen molar-refractivity contribution in [3.05, 3.63) is 147 Å². The largest absolute Gasteiger partial charge is 0.480 e. The first-order chi connectivity index (χ1) is 24.2. The number of benzene rings is 4. The fourth-order valence-electron chi connectivity index (χ4n) is 5.91. The summed E-state index contributed by atoms with van der Waals surface area (Å²) in [5.74, 6) is -2.16. The number of nitrogens with one attached hydrogen (secondary N) is 1. The predicted octanol–water partition coefficient (Wildman–Crippen LogP) is 6.53. The first kappa shape index (κ1) is 35.4. The van der Waals surface area contributed by atoms with Crippen molar-refractivity contribution in [1.82, 2.24) is 4.90 Å². The summed E-state index contributed by atoms with van der Waals surface area (Å²) >= 11 is 0. The van der Waals surface area contributed by atoms with Gasteiger partial charge >= 0.3 is 11.9 Å². The maximum Gasteiger partial charge on any atom is 0.334 e. The Bertz CT molecular complexity index is 1880. The highest BCUT2D eigenvalue weighted by atomic mass is 16.6. The molecule has 1 saturated heterocycles. The fourth-order valence-corrected chi connectivity index (χ4v) is 5.91. The van der Waals surface area contributed by atoms with Gasteiger partial charge in [-0.15, -0.1) is 0 Å². The van der Waals surface area contributed by atoms with Gasteiger partial charge < -0.3 is 15.2 Å². The predicted molar refractivity (Wildman–Crippen MR) is 191 cm³/mol. The SMILES string of the molecule is CCOC(=O)/C(=C/c1ccc([N+](=O)[O-])cc1)CC(N=C(c1ccccc1)c1ccccc1NC(=O)C1CCCN1Cc1ccccc1)C(=O)O. The number of amides is 1. The molecule has 4 aromatic carbocycles. The number of carboxylic acids is 1. The average molecular weight is 675 g/mol. The van der Waals surface area contributed by atoms with Crippen LogP contribution >= 0.6 is 0 Å². The molecule has 11 nitrogen and oxygen atoms in total. The van der Waals surface area contributed by atoms with Gasteiger partial charge in [0.15, 0.2) is 6.04 Å². The molecule has 1 aliphatic heterocycles. The third kappa shape index (κ3) is 9.14. The summed E-state index contributed by atoms with van der Waals surface area (Å²) in [6.45, 7) is 3.14. The van der Waals surface area contributed by atoms with Crippen LogP contribution in [0.4, 0.5) is 11.4 Å². The zero-order valence-corrected chi connectivity index (χ0v) is 27.6. The zero-order chi connectivity index (χ0) is 35.5. The van der Waals surface area contributed by atoms with E-state index >= 15 is 0 Å². The number of hydrogen-bond acceptors (Lipinski definition) is 8. The van der Waals surface area contributed by atoms with Crippen molar-refractivity contribution in [3.63, 3.8) is 0 Å². The number of likely N-dealkylation sites (tertiary alicyclic amines) is 1. The van der Waals surface area contributed by atoms with Crippen LogP contribution in [0.25, 0.3) is 6.08 Å². The Morgan fingerprint density at radius 1 is 0.980 bits per heavy atom. The first-order valence-corrected chi connectivity index (χ1v) is 16.4. The number of carbonyl (C=O) groups is 3. The number of carbonyl (C=O) groups excluding carboxylic acids is 2. The van der Waals surface area contributed by atoms with Gasteiger partial charge in [0.1, 0.15) is 0 Å². The lowest BCUT2D eigenvalue weighted by Gasteiger charge is -2.24. The van der Waals surface area contributed by atoms with Gasteiger partial charge in [-0.25, -0.2) is 9.59 Å². The Hall–Kier alpha value is -5.94. The van der Waals surface area contributed by atoms with E-state index in [0.717, 1.165) is 18.5 Å². The normalized spacial score (nSPS) is 15.7. The zero-order valence-electron chi connectivity index (χ0n) is 27.6. The van der Waals surface area contributed by atoms with Crippen LogP contribution in [-0.2, 0) is 25.7 Å². The number of ether oxygens (including phenoxy) is 1. The molecule has 0 bridgehead atoms. The van der Waals surface area contributed by atoms with Crippen LogP contribution < -0.4 is 5.32 Å². The lowest BCUT2D eigenvalue weighted by molar-refractivity contribution is -0.384. The number of rotatable bonds is 14. The Kier molecular flexibility index (Phi) is 12.0. The van der Waals surface area contributed by atoms with E-state index in [9.17, 15) is 29.6 Å². The van der Waals surface area contributed by atoms with E-state index in [1.54, 1.807) is 55.5 Å². The average Bonchev–Trinajstić information content (AvgIpc) is 3.59. The number of aliphatic carboxylic acids is 1. The molecule has 1 aliphatic rings. The van der Waals surface area contributed by atoms with Crippen LogP contribution in [0.2, 0.25) is 0 Å². The van der Waals surface area contributed by atoms with E-state index in [-0.39, 0.29) is 36.2 Å². The third-order valence-electron chi connectivity index (χ3n) is 8.35. The van der Waals surface area contributed by atoms with Crippen LogP contribution in [0.5, 0.6) is 0 Å². The summed E-state index contributed by atoms with van der Waals surface area (Å²) in [7, 11) is 0. The van der Waals surface area contributed by atoms with E-state index < -0.39 is 22.9 Å². The van der Waals surface area contributed by atoms with Crippen molar-refractivity contribution < 1.29 is 29.2 Å².